The molecule has 0 saturated carbocycles. The molecule has 0 aliphatic carbocycles. The lowest BCUT2D eigenvalue weighted by Crippen LogP contribution is -2.13. The number of hydrogen-bond donors (Lipinski definition) is 1. The maximum absolute atomic E-state index is 13.5. The normalized spacial score (nSPS) is 11.2. The molecule has 0 saturated heterocycles. The van der Waals surface area contributed by atoms with Gasteiger partial charge < -0.3 is 19.5 Å². The Kier molecular flexibility index (Phi) is 5.01. The van der Waals surface area contributed by atoms with Gasteiger partial charge in [0.05, 0.1) is 43.6 Å². The third-order valence-electron chi connectivity index (χ3n) is 5.81. The van der Waals surface area contributed by atoms with Gasteiger partial charge in [-0.1, -0.05) is 36.4 Å². The minimum absolute atomic E-state index is 0.286. The van der Waals surface area contributed by atoms with E-state index in [1.165, 1.54) is 21.3 Å². The number of amides is 1. The quantitative estimate of drug-likeness (QED) is 0.404. The molecular formula is C26H23N3O4. The first-order valence-electron chi connectivity index (χ1n) is 10.5. The van der Waals surface area contributed by atoms with Gasteiger partial charge in [-0.25, -0.2) is 4.98 Å². The number of benzene rings is 3. The summed E-state index contributed by atoms with van der Waals surface area (Å²) in [5.74, 6) is 1.82. The fourth-order valence-electron chi connectivity index (χ4n) is 4.35. The van der Waals surface area contributed by atoms with E-state index in [4.69, 9.17) is 19.2 Å². The van der Waals surface area contributed by atoms with Crippen LogP contribution in [0.3, 0.4) is 0 Å². The molecule has 0 bridgehead atoms. The molecule has 166 valence electrons. The molecule has 1 N–H and O–H groups in total. The van der Waals surface area contributed by atoms with Crippen LogP contribution in [0.4, 0.5) is 5.69 Å². The first-order chi connectivity index (χ1) is 16.1. The lowest BCUT2D eigenvalue weighted by atomic mass is 10.1. The van der Waals surface area contributed by atoms with Gasteiger partial charge in [-0.3, -0.25) is 9.20 Å². The molecule has 0 unspecified atom stereocenters. The summed E-state index contributed by atoms with van der Waals surface area (Å²) in [7, 11) is 4.58. The topological polar surface area (TPSA) is 74.1 Å². The lowest BCUT2D eigenvalue weighted by Gasteiger charge is -2.14. The predicted octanol–water partition coefficient (Wildman–Crippen LogP) is 5.23. The molecule has 1 amide bonds. The Labute approximate surface area is 190 Å². The maximum atomic E-state index is 13.5. The zero-order chi connectivity index (χ0) is 23.1. The lowest BCUT2D eigenvalue weighted by molar-refractivity contribution is 0.102. The number of ether oxygens (including phenoxy) is 3. The molecule has 0 aliphatic heterocycles. The summed E-state index contributed by atoms with van der Waals surface area (Å²) in [5, 5.41) is 5.03. The molecule has 7 nitrogen and oxygen atoms in total. The van der Waals surface area contributed by atoms with E-state index in [2.05, 4.69) is 9.72 Å². The van der Waals surface area contributed by atoms with Crippen LogP contribution in [0.5, 0.6) is 17.2 Å². The summed E-state index contributed by atoms with van der Waals surface area (Å²) in [5.41, 5.74) is 3.87. The Morgan fingerprint density at radius 3 is 2.18 bits per heavy atom. The van der Waals surface area contributed by atoms with Crippen molar-refractivity contribution in [3.63, 3.8) is 0 Å². The number of aryl methyl sites for hydroxylation is 1. The fourth-order valence-corrected chi connectivity index (χ4v) is 4.35. The molecule has 33 heavy (non-hydrogen) atoms. The van der Waals surface area contributed by atoms with Gasteiger partial charge in [-0.05, 0) is 31.2 Å². The van der Waals surface area contributed by atoms with Crippen LogP contribution >= 0.6 is 0 Å². The number of nitrogens with one attached hydrogen (secondary N) is 1. The molecule has 0 fully saturated rings. The highest BCUT2D eigenvalue weighted by molar-refractivity contribution is 6.19. The third-order valence-corrected chi connectivity index (χ3v) is 5.81. The van der Waals surface area contributed by atoms with Crippen LogP contribution in [0, 0.1) is 6.92 Å². The van der Waals surface area contributed by atoms with Crippen molar-refractivity contribution in [2.75, 3.05) is 26.6 Å². The maximum Gasteiger partial charge on any atom is 0.256 e. The van der Waals surface area contributed by atoms with Crippen molar-refractivity contribution >= 4 is 38.9 Å². The number of fused-ring (bicyclic) bond motifs is 5. The molecule has 3 aromatic carbocycles. The summed E-state index contributed by atoms with van der Waals surface area (Å²) in [6.07, 6.45) is 0. The fraction of sp³-hybridized carbons (Fsp3) is 0.154. The standard InChI is InChI=1S/C26H23N3O4/c1-15-27-19-11-7-5-9-17(19)24-23(18-10-6-8-12-20(18)29(15)24)28-26(30)16-13-21(31-2)25(33-4)22(14-16)32-3/h5-14H,1-4H3,(H,28,30). The summed E-state index contributed by atoms with van der Waals surface area (Å²) in [4.78, 5) is 18.2. The Morgan fingerprint density at radius 1 is 0.879 bits per heavy atom. The monoisotopic (exact) mass is 441 g/mol. The zero-order valence-corrected chi connectivity index (χ0v) is 18.8. The van der Waals surface area contributed by atoms with Gasteiger partial charge in [0.25, 0.3) is 5.91 Å². The predicted molar refractivity (Wildman–Crippen MR) is 129 cm³/mol. The van der Waals surface area contributed by atoms with Gasteiger partial charge in [0.15, 0.2) is 11.5 Å². The Bertz CT molecular complexity index is 1510. The van der Waals surface area contributed by atoms with Crippen molar-refractivity contribution in [2.45, 2.75) is 6.92 Å². The first kappa shape index (κ1) is 20.6. The van der Waals surface area contributed by atoms with Gasteiger partial charge in [0.2, 0.25) is 5.75 Å². The molecule has 2 aromatic heterocycles. The largest absolute Gasteiger partial charge is 0.493 e. The summed E-state index contributed by atoms with van der Waals surface area (Å²) in [6, 6.07) is 19.2. The Hall–Kier alpha value is -4.26. The smallest absolute Gasteiger partial charge is 0.256 e. The van der Waals surface area contributed by atoms with Crippen LogP contribution in [-0.2, 0) is 0 Å². The van der Waals surface area contributed by atoms with Crippen molar-refractivity contribution in [3.05, 3.63) is 72.1 Å². The number of rotatable bonds is 5. The molecule has 2 heterocycles. The first-order valence-corrected chi connectivity index (χ1v) is 10.5. The molecular weight excluding hydrogens is 418 g/mol. The average Bonchev–Trinajstić information content (AvgIpc) is 3.18. The van der Waals surface area contributed by atoms with Crippen LogP contribution in [-0.4, -0.2) is 36.6 Å². The number of hydrogen-bond acceptors (Lipinski definition) is 5. The number of anilines is 1. The van der Waals surface area contributed by atoms with Crippen LogP contribution in [0.15, 0.2) is 60.7 Å². The molecule has 0 atom stereocenters. The summed E-state index contributed by atoms with van der Waals surface area (Å²) in [6.45, 7) is 1.97. The zero-order valence-electron chi connectivity index (χ0n) is 18.8. The van der Waals surface area contributed by atoms with Crippen molar-refractivity contribution in [1.29, 1.82) is 0 Å². The van der Waals surface area contributed by atoms with E-state index in [1.54, 1.807) is 12.1 Å². The number of carbonyl (C=O) groups excluding carboxylic acids is 1. The molecule has 0 radical (unpaired) electrons. The third kappa shape index (κ3) is 3.20. The Balaban J connectivity index is 1.73. The number of carbonyl (C=O) groups is 1. The van der Waals surface area contributed by atoms with E-state index in [1.807, 2.05) is 55.5 Å². The molecule has 0 spiro atoms. The summed E-state index contributed by atoms with van der Waals surface area (Å²) < 4.78 is 18.3. The summed E-state index contributed by atoms with van der Waals surface area (Å²) >= 11 is 0. The van der Waals surface area contributed by atoms with Gasteiger partial charge in [-0.2, -0.15) is 0 Å². The van der Waals surface area contributed by atoms with Crippen LogP contribution in [0.1, 0.15) is 16.2 Å². The van der Waals surface area contributed by atoms with Gasteiger partial charge >= 0.3 is 0 Å². The van der Waals surface area contributed by atoms with E-state index in [-0.39, 0.29) is 5.91 Å². The molecule has 5 rings (SSSR count). The van der Waals surface area contributed by atoms with E-state index < -0.39 is 0 Å². The number of aromatic nitrogens is 2. The van der Waals surface area contributed by atoms with Gasteiger partial charge in [-0.15, -0.1) is 0 Å². The van der Waals surface area contributed by atoms with E-state index in [0.29, 0.717) is 22.8 Å². The van der Waals surface area contributed by atoms with Crippen molar-refractivity contribution < 1.29 is 19.0 Å². The van der Waals surface area contributed by atoms with Crippen molar-refractivity contribution in [1.82, 2.24) is 9.38 Å². The molecule has 0 aliphatic rings. The SMILES string of the molecule is COc1cc(C(=O)Nc2c3ccccc3n3c(C)nc4ccccc4c23)cc(OC)c1OC. The number of para-hydroxylation sites is 2. The minimum Gasteiger partial charge on any atom is -0.493 e. The average molecular weight is 441 g/mol. The van der Waals surface area contributed by atoms with Crippen molar-refractivity contribution in [2.24, 2.45) is 0 Å². The van der Waals surface area contributed by atoms with Gasteiger partial charge in [0, 0.05) is 16.3 Å². The van der Waals surface area contributed by atoms with Crippen LogP contribution < -0.4 is 19.5 Å². The second kappa shape index (κ2) is 8.02. The number of nitrogens with zero attached hydrogens (tertiary/aromatic N) is 2. The highest BCUT2D eigenvalue weighted by Gasteiger charge is 2.21. The van der Waals surface area contributed by atoms with E-state index in [9.17, 15) is 4.79 Å². The highest BCUT2D eigenvalue weighted by Crippen LogP contribution is 2.40. The molecule has 7 heteroatoms. The van der Waals surface area contributed by atoms with Crippen LogP contribution in [0.2, 0.25) is 0 Å². The minimum atomic E-state index is -0.286. The van der Waals surface area contributed by atoms with E-state index in [0.717, 1.165) is 38.8 Å². The second-order valence-corrected chi connectivity index (χ2v) is 7.62. The number of methoxy groups -OCH3 is 3. The Morgan fingerprint density at radius 2 is 1.52 bits per heavy atom. The van der Waals surface area contributed by atoms with E-state index >= 15 is 0 Å². The van der Waals surface area contributed by atoms with Crippen LogP contribution in [0.25, 0.3) is 27.3 Å². The van der Waals surface area contributed by atoms with Crippen molar-refractivity contribution in [3.8, 4) is 17.2 Å². The highest BCUT2D eigenvalue weighted by atomic mass is 16.5. The van der Waals surface area contributed by atoms with Gasteiger partial charge in [0.1, 0.15) is 5.82 Å². The molecule has 5 aromatic rings. The second-order valence-electron chi connectivity index (χ2n) is 7.62.